The Balaban J connectivity index is 1.63. The number of nitrogens with zero attached hydrogens (tertiary/aromatic N) is 1. The van der Waals surface area contributed by atoms with Gasteiger partial charge in [-0.15, -0.1) is 0 Å². The number of benzene rings is 2. The van der Waals surface area contributed by atoms with Crippen LogP contribution in [0.3, 0.4) is 0 Å². The fourth-order valence-electron chi connectivity index (χ4n) is 3.03. The van der Waals surface area contributed by atoms with Crippen molar-refractivity contribution in [3.05, 3.63) is 65.2 Å². The Morgan fingerprint density at radius 2 is 1.73 bits per heavy atom. The fraction of sp³-hybridized carbons (Fsp3) is 0.250. The molecule has 0 saturated heterocycles. The summed E-state index contributed by atoms with van der Waals surface area (Å²) in [6, 6.07) is 14.5. The van der Waals surface area contributed by atoms with E-state index in [4.69, 9.17) is 4.74 Å². The van der Waals surface area contributed by atoms with Crippen LogP contribution in [0.5, 0.6) is 0 Å². The highest BCUT2D eigenvalue weighted by atomic mass is 16.5. The lowest BCUT2D eigenvalue weighted by atomic mass is 10.00. The Labute approximate surface area is 151 Å². The van der Waals surface area contributed by atoms with Crippen LogP contribution in [0.2, 0.25) is 0 Å². The van der Waals surface area contributed by atoms with Crippen molar-refractivity contribution in [2.75, 3.05) is 19.0 Å². The Hall–Kier alpha value is -3.15. The van der Waals surface area contributed by atoms with E-state index in [2.05, 4.69) is 11.4 Å². The summed E-state index contributed by atoms with van der Waals surface area (Å²) in [7, 11) is 1.28. The second-order valence-electron chi connectivity index (χ2n) is 6.10. The average Bonchev–Trinajstić information content (AvgIpc) is 2.67. The maximum absolute atomic E-state index is 12.5. The van der Waals surface area contributed by atoms with Crippen molar-refractivity contribution in [2.45, 2.75) is 19.4 Å². The maximum Gasteiger partial charge on any atom is 0.339 e. The molecular formula is C20H20N2O4. The van der Waals surface area contributed by atoms with Crippen LogP contribution in [0.4, 0.5) is 5.69 Å². The quantitative estimate of drug-likeness (QED) is 0.677. The van der Waals surface area contributed by atoms with E-state index in [1.807, 2.05) is 18.2 Å². The Kier molecular flexibility index (Phi) is 5.31. The molecule has 1 heterocycles. The summed E-state index contributed by atoms with van der Waals surface area (Å²) < 4.78 is 4.70. The summed E-state index contributed by atoms with van der Waals surface area (Å²) in [6.45, 7) is 1.11. The predicted molar refractivity (Wildman–Crippen MR) is 96.6 cm³/mol. The number of hydrogen-bond donors (Lipinski definition) is 1. The zero-order valence-corrected chi connectivity index (χ0v) is 14.5. The molecule has 0 atom stereocenters. The van der Waals surface area contributed by atoms with E-state index in [1.165, 1.54) is 12.7 Å². The third-order valence-electron chi connectivity index (χ3n) is 4.40. The van der Waals surface area contributed by atoms with Gasteiger partial charge in [-0.1, -0.05) is 36.4 Å². The fourth-order valence-corrected chi connectivity index (χ4v) is 3.03. The molecule has 0 bridgehead atoms. The molecular weight excluding hydrogens is 332 g/mol. The SMILES string of the molecule is COC(=O)c1ccccc1NC(=O)CC(=O)N1CCc2ccccc2C1. The number of para-hydroxylation sites is 1. The van der Waals surface area contributed by atoms with Crippen molar-refractivity contribution < 1.29 is 19.1 Å². The summed E-state index contributed by atoms with van der Waals surface area (Å²) in [4.78, 5) is 38.2. The van der Waals surface area contributed by atoms with Gasteiger partial charge in [0.1, 0.15) is 6.42 Å². The van der Waals surface area contributed by atoms with E-state index < -0.39 is 11.9 Å². The molecule has 0 aromatic heterocycles. The molecule has 0 saturated carbocycles. The van der Waals surface area contributed by atoms with E-state index in [1.54, 1.807) is 29.2 Å². The first-order chi connectivity index (χ1) is 12.6. The van der Waals surface area contributed by atoms with E-state index >= 15 is 0 Å². The van der Waals surface area contributed by atoms with Crippen LogP contribution < -0.4 is 5.32 Å². The molecule has 2 aromatic rings. The molecule has 6 nitrogen and oxygen atoms in total. The van der Waals surface area contributed by atoms with Crippen LogP contribution >= 0.6 is 0 Å². The number of carbonyl (C=O) groups excluding carboxylic acids is 3. The van der Waals surface area contributed by atoms with Crippen LogP contribution in [0.25, 0.3) is 0 Å². The number of ether oxygens (including phenoxy) is 1. The highest BCUT2D eigenvalue weighted by Gasteiger charge is 2.23. The first-order valence-electron chi connectivity index (χ1n) is 8.40. The van der Waals surface area contributed by atoms with Crippen LogP contribution in [-0.2, 0) is 27.3 Å². The minimum absolute atomic E-state index is 0.229. The lowest BCUT2D eigenvalue weighted by Crippen LogP contribution is -2.37. The van der Waals surface area contributed by atoms with Gasteiger partial charge in [-0.2, -0.15) is 0 Å². The lowest BCUT2D eigenvalue weighted by molar-refractivity contribution is -0.135. The highest BCUT2D eigenvalue weighted by molar-refractivity contribution is 6.06. The van der Waals surface area contributed by atoms with Crippen molar-refractivity contribution >= 4 is 23.5 Å². The molecule has 0 radical (unpaired) electrons. The summed E-state index contributed by atoms with van der Waals surface area (Å²) >= 11 is 0. The molecule has 1 N–H and O–H groups in total. The number of carbonyl (C=O) groups is 3. The van der Waals surface area contributed by atoms with Crippen LogP contribution in [0, 0.1) is 0 Å². The van der Waals surface area contributed by atoms with E-state index in [-0.39, 0.29) is 17.9 Å². The van der Waals surface area contributed by atoms with Crippen LogP contribution in [-0.4, -0.2) is 36.3 Å². The number of rotatable bonds is 4. The number of fused-ring (bicyclic) bond motifs is 1. The van der Waals surface area contributed by atoms with E-state index in [9.17, 15) is 14.4 Å². The number of amides is 2. The summed E-state index contributed by atoms with van der Waals surface area (Å²) in [5.74, 6) is -1.22. The second-order valence-corrected chi connectivity index (χ2v) is 6.10. The van der Waals surface area contributed by atoms with E-state index in [0.29, 0.717) is 18.8 Å². The molecule has 134 valence electrons. The standard InChI is InChI=1S/C20H20N2O4/c1-26-20(25)16-8-4-5-9-17(16)21-18(23)12-19(24)22-11-10-14-6-2-3-7-15(14)13-22/h2-9H,10-13H2,1H3,(H,21,23). The number of esters is 1. The first-order valence-corrected chi connectivity index (χ1v) is 8.40. The molecule has 1 aliphatic heterocycles. The minimum atomic E-state index is -0.542. The summed E-state index contributed by atoms with van der Waals surface area (Å²) in [5, 5.41) is 2.63. The van der Waals surface area contributed by atoms with Crippen LogP contribution in [0.15, 0.2) is 48.5 Å². The Bertz CT molecular complexity index is 847. The third-order valence-corrected chi connectivity index (χ3v) is 4.40. The normalized spacial score (nSPS) is 12.9. The van der Waals surface area contributed by atoms with E-state index in [0.717, 1.165) is 12.0 Å². The van der Waals surface area contributed by atoms with Gasteiger partial charge in [0.05, 0.1) is 18.4 Å². The highest BCUT2D eigenvalue weighted by Crippen LogP contribution is 2.20. The zero-order chi connectivity index (χ0) is 18.5. The van der Waals surface area contributed by atoms with Gasteiger partial charge in [-0.25, -0.2) is 4.79 Å². The number of nitrogens with one attached hydrogen (secondary N) is 1. The molecule has 0 unspecified atom stereocenters. The van der Waals surface area contributed by atoms with Gasteiger partial charge < -0.3 is 15.0 Å². The van der Waals surface area contributed by atoms with Gasteiger partial charge in [0.2, 0.25) is 11.8 Å². The van der Waals surface area contributed by atoms with Crippen LogP contribution in [0.1, 0.15) is 27.9 Å². The van der Waals surface area contributed by atoms with Gasteiger partial charge in [-0.3, -0.25) is 9.59 Å². The molecule has 0 aliphatic carbocycles. The zero-order valence-electron chi connectivity index (χ0n) is 14.5. The monoisotopic (exact) mass is 352 g/mol. The molecule has 26 heavy (non-hydrogen) atoms. The van der Waals surface area contributed by atoms with Crippen molar-refractivity contribution in [2.24, 2.45) is 0 Å². The van der Waals surface area contributed by atoms with Gasteiger partial charge in [0.25, 0.3) is 0 Å². The molecule has 3 rings (SSSR count). The number of methoxy groups -OCH3 is 1. The van der Waals surface area contributed by atoms with Crippen molar-refractivity contribution in [1.82, 2.24) is 4.90 Å². The lowest BCUT2D eigenvalue weighted by Gasteiger charge is -2.28. The molecule has 2 amide bonds. The topological polar surface area (TPSA) is 75.7 Å². The molecule has 1 aliphatic rings. The Morgan fingerprint density at radius 3 is 2.50 bits per heavy atom. The minimum Gasteiger partial charge on any atom is -0.465 e. The maximum atomic E-state index is 12.5. The molecule has 6 heteroatoms. The largest absolute Gasteiger partial charge is 0.465 e. The van der Waals surface area contributed by atoms with Crippen molar-refractivity contribution in [1.29, 1.82) is 0 Å². The molecule has 0 fully saturated rings. The van der Waals surface area contributed by atoms with Crippen molar-refractivity contribution in [3.8, 4) is 0 Å². The number of anilines is 1. The third kappa shape index (κ3) is 3.91. The Morgan fingerprint density at radius 1 is 1.04 bits per heavy atom. The molecule has 2 aromatic carbocycles. The summed E-state index contributed by atoms with van der Waals surface area (Å²) in [6.07, 6.45) is 0.520. The number of hydrogen-bond acceptors (Lipinski definition) is 4. The van der Waals surface area contributed by atoms with Gasteiger partial charge in [0, 0.05) is 13.1 Å². The average molecular weight is 352 g/mol. The molecule has 0 spiro atoms. The van der Waals surface area contributed by atoms with Gasteiger partial charge in [-0.05, 0) is 29.7 Å². The summed E-state index contributed by atoms with van der Waals surface area (Å²) in [5.41, 5.74) is 2.94. The van der Waals surface area contributed by atoms with Crippen molar-refractivity contribution in [3.63, 3.8) is 0 Å². The first kappa shape index (κ1) is 17.7. The second kappa shape index (κ2) is 7.82. The van der Waals surface area contributed by atoms with Gasteiger partial charge in [0.15, 0.2) is 0 Å². The smallest absolute Gasteiger partial charge is 0.339 e. The predicted octanol–water partition coefficient (Wildman–Crippen LogP) is 2.39. The van der Waals surface area contributed by atoms with Gasteiger partial charge >= 0.3 is 5.97 Å².